The Kier molecular flexibility index (Phi) is 4.24. The predicted molar refractivity (Wildman–Crippen MR) is 70.5 cm³/mol. The van der Waals surface area contributed by atoms with Crippen LogP contribution in [0.3, 0.4) is 0 Å². The molecule has 100 valence electrons. The van der Waals surface area contributed by atoms with Gasteiger partial charge in [-0.3, -0.25) is 14.4 Å². The number of aryl methyl sites for hydroxylation is 2. The zero-order chi connectivity index (χ0) is 13.1. The first-order valence-electron chi connectivity index (χ1n) is 6.15. The van der Waals surface area contributed by atoms with Crippen LogP contribution in [0.1, 0.15) is 11.3 Å². The number of hydrogen-bond acceptors (Lipinski definition) is 3. The van der Waals surface area contributed by atoms with E-state index in [4.69, 9.17) is 11.6 Å². The van der Waals surface area contributed by atoms with Crippen molar-refractivity contribution in [3.8, 4) is 0 Å². The zero-order valence-electron chi connectivity index (χ0n) is 10.9. The van der Waals surface area contributed by atoms with Crippen LogP contribution in [-0.4, -0.2) is 57.5 Å². The van der Waals surface area contributed by atoms with Crippen molar-refractivity contribution in [1.29, 1.82) is 0 Å². The second-order valence-electron chi connectivity index (χ2n) is 4.70. The largest absolute Gasteiger partial charge is 0.339 e. The Morgan fingerprint density at radius 1 is 1.39 bits per heavy atom. The quantitative estimate of drug-likeness (QED) is 0.756. The summed E-state index contributed by atoms with van der Waals surface area (Å²) in [5, 5.41) is 4.34. The first-order valence-corrected chi connectivity index (χ1v) is 6.69. The van der Waals surface area contributed by atoms with E-state index in [0.717, 1.165) is 38.4 Å². The summed E-state index contributed by atoms with van der Waals surface area (Å²) >= 11 is 5.56. The molecule has 0 bridgehead atoms. The van der Waals surface area contributed by atoms with Crippen molar-refractivity contribution in [2.75, 3.05) is 32.1 Å². The molecule has 2 rings (SSSR count). The van der Waals surface area contributed by atoms with Crippen molar-refractivity contribution >= 4 is 17.5 Å². The molecule has 1 saturated heterocycles. The van der Waals surface area contributed by atoms with Gasteiger partial charge >= 0.3 is 0 Å². The first-order chi connectivity index (χ1) is 8.60. The molecule has 0 atom stereocenters. The fraction of sp³-hybridized carbons (Fsp3) is 0.667. The van der Waals surface area contributed by atoms with Gasteiger partial charge in [0.25, 0.3) is 0 Å². The van der Waals surface area contributed by atoms with E-state index in [1.165, 1.54) is 5.56 Å². The molecule has 0 saturated carbocycles. The number of piperazine rings is 1. The molecular weight excluding hydrogens is 252 g/mol. The third-order valence-electron chi connectivity index (χ3n) is 3.35. The van der Waals surface area contributed by atoms with E-state index in [-0.39, 0.29) is 11.8 Å². The maximum atomic E-state index is 11.5. The highest BCUT2D eigenvalue weighted by molar-refractivity contribution is 6.27. The maximum Gasteiger partial charge on any atom is 0.237 e. The Bertz CT molecular complexity index is 424. The third kappa shape index (κ3) is 3.03. The lowest BCUT2D eigenvalue weighted by Gasteiger charge is -2.34. The van der Waals surface area contributed by atoms with E-state index in [9.17, 15) is 4.79 Å². The van der Waals surface area contributed by atoms with Crippen LogP contribution < -0.4 is 0 Å². The monoisotopic (exact) mass is 270 g/mol. The van der Waals surface area contributed by atoms with Crippen LogP contribution in [-0.2, 0) is 18.4 Å². The summed E-state index contributed by atoms with van der Waals surface area (Å²) in [6.07, 6.45) is 2.06. The smallest absolute Gasteiger partial charge is 0.237 e. The van der Waals surface area contributed by atoms with Crippen LogP contribution in [0.15, 0.2) is 6.20 Å². The number of rotatable bonds is 3. The lowest BCUT2D eigenvalue weighted by atomic mass is 10.2. The minimum Gasteiger partial charge on any atom is -0.339 e. The first kappa shape index (κ1) is 13.4. The van der Waals surface area contributed by atoms with Gasteiger partial charge in [0.2, 0.25) is 5.91 Å². The van der Waals surface area contributed by atoms with Crippen molar-refractivity contribution in [2.45, 2.75) is 13.5 Å². The van der Waals surface area contributed by atoms with Gasteiger partial charge in [-0.15, -0.1) is 11.6 Å². The lowest BCUT2D eigenvalue weighted by molar-refractivity contribution is -0.130. The molecule has 1 fully saturated rings. The van der Waals surface area contributed by atoms with E-state index in [0.29, 0.717) is 0 Å². The number of halogens is 1. The molecule has 1 amide bonds. The Balaban J connectivity index is 1.87. The van der Waals surface area contributed by atoms with Crippen LogP contribution in [0.25, 0.3) is 0 Å². The van der Waals surface area contributed by atoms with E-state index < -0.39 is 0 Å². The predicted octanol–water partition coefficient (Wildman–Crippen LogP) is 0.612. The summed E-state index contributed by atoms with van der Waals surface area (Å²) in [6.45, 7) is 6.27. The summed E-state index contributed by atoms with van der Waals surface area (Å²) in [4.78, 5) is 15.6. The van der Waals surface area contributed by atoms with Gasteiger partial charge in [-0.05, 0) is 6.92 Å². The van der Waals surface area contributed by atoms with Crippen molar-refractivity contribution < 1.29 is 4.79 Å². The molecule has 1 aliphatic heterocycles. The average Bonchev–Trinajstić information content (AvgIpc) is 2.68. The van der Waals surface area contributed by atoms with Crippen molar-refractivity contribution in [3.05, 3.63) is 17.5 Å². The fourth-order valence-electron chi connectivity index (χ4n) is 2.28. The zero-order valence-corrected chi connectivity index (χ0v) is 11.7. The second-order valence-corrected chi connectivity index (χ2v) is 4.97. The normalized spacial score (nSPS) is 17.2. The third-order valence-corrected chi connectivity index (χ3v) is 3.58. The van der Waals surface area contributed by atoms with Crippen LogP contribution >= 0.6 is 11.6 Å². The van der Waals surface area contributed by atoms with Crippen molar-refractivity contribution in [3.63, 3.8) is 0 Å². The Labute approximate surface area is 112 Å². The number of aromatic nitrogens is 2. The fourth-order valence-corrected chi connectivity index (χ4v) is 2.45. The van der Waals surface area contributed by atoms with Gasteiger partial charge in [-0.2, -0.15) is 5.10 Å². The van der Waals surface area contributed by atoms with E-state index in [1.54, 1.807) is 0 Å². The number of alkyl halides is 1. The van der Waals surface area contributed by atoms with Gasteiger partial charge in [0.05, 0.1) is 5.69 Å². The summed E-state index contributed by atoms with van der Waals surface area (Å²) in [5.41, 5.74) is 2.34. The van der Waals surface area contributed by atoms with Crippen molar-refractivity contribution in [2.24, 2.45) is 7.05 Å². The highest BCUT2D eigenvalue weighted by Gasteiger charge is 2.21. The summed E-state index contributed by atoms with van der Waals surface area (Å²) in [6, 6.07) is 0. The summed E-state index contributed by atoms with van der Waals surface area (Å²) in [5.74, 6) is 0.121. The van der Waals surface area contributed by atoms with Gasteiger partial charge in [-0.25, -0.2) is 0 Å². The van der Waals surface area contributed by atoms with Crippen LogP contribution in [0.5, 0.6) is 0 Å². The van der Waals surface area contributed by atoms with E-state index >= 15 is 0 Å². The minimum absolute atomic E-state index is 0.0360. The molecule has 0 radical (unpaired) electrons. The molecule has 0 N–H and O–H groups in total. The Morgan fingerprint density at radius 3 is 2.56 bits per heavy atom. The molecule has 5 nitrogen and oxygen atoms in total. The van der Waals surface area contributed by atoms with Gasteiger partial charge in [-0.1, -0.05) is 0 Å². The molecule has 1 aliphatic rings. The number of carbonyl (C=O) groups excluding carboxylic acids is 1. The molecule has 1 aromatic rings. The molecule has 2 heterocycles. The molecule has 0 unspecified atom stereocenters. The average molecular weight is 271 g/mol. The highest BCUT2D eigenvalue weighted by Crippen LogP contribution is 2.11. The standard InChI is InChI=1S/C12H19ClN4O/c1-10-11(8-15(2)14-10)9-16-3-5-17(6-4-16)12(18)7-13/h8H,3-7,9H2,1-2H3. The van der Waals surface area contributed by atoms with Crippen LogP contribution in [0, 0.1) is 6.92 Å². The molecule has 0 aromatic carbocycles. The van der Waals surface area contributed by atoms with Crippen LogP contribution in [0.2, 0.25) is 0 Å². The number of carbonyl (C=O) groups is 1. The minimum atomic E-state index is 0.0360. The topological polar surface area (TPSA) is 41.4 Å². The number of nitrogens with zero attached hydrogens (tertiary/aromatic N) is 4. The molecule has 0 aliphatic carbocycles. The van der Waals surface area contributed by atoms with Gasteiger partial charge in [0, 0.05) is 51.5 Å². The second kappa shape index (κ2) is 5.71. The van der Waals surface area contributed by atoms with E-state index in [1.807, 2.05) is 23.6 Å². The molecule has 1 aromatic heterocycles. The maximum absolute atomic E-state index is 11.5. The molecular formula is C12H19ClN4O. The lowest BCUT2D eigenvalue weighted by Crippen LogP contribution is -2.48. The Morgan fingerprint density at radius 2 is 2.06 bits per heavy atom. The number of amides is 1. The Hall–Kier alpha value is -1.07. The van der Waals surface area contributed by atoms with Crippen LogP contribution in [0.4, 0.5) is 0 Å². The highest BCUT2D eigenvalue weighted by atomic mass is 35.5. The number of hydrogen-bond donors (Lipinski definition) is 0. The van der Waals surface area contributed by atoms with Crippen molar-refractivity contribution in [1.82, 2.24) is 19.6 Å². The van der Waals surface area contributed by atoms with Gasteiger partial charge in [0.15, 0.2) is 0 Å². The molecule has 0 spiro atoms. The van der Waals surface area contributed by atoms with E-state index in [2.05, 4.69) is 16.2 Å². The summed E-state index contributed by atoms with van der Waals surface area (Å²) in [7, 11) is 1.94. The van der Waals surface area contributed by atoms with Gasteiger partial charge < -0.3 is 4.90 Å². The molecule has 18 heavy (non-hydrogen) atoms. The summed E-state index contributed by atoms with van der Waals surface area (Å²) < 4.78 is 1.85. The molecule has 6 heteroatoms. The SMILES string of the molecule is Cc1nn(C)cc1CN1CCN(C(=O)CCl)CC1. The van der Waals surface area contributed by atoms with Gasteiger partial charge in [0.1, 0.15) is 5.88 Å².